The second kappa shape index (κ2) is 5.41. The summed E-state index contributed by atoms with van der Waals surface area (Å²) in [5, 5.41) is 0. The highest BCUT2D eigenvalue weighted by atomic mass is 79.9. The summed E-state index contributed by atoms with van der Waals surface area (Å²) in [7, 11) is -3.81. The van der Waals surface area contributed by atoms with E-state index in [2.05, 4.69) is 20.7 Å². The molecule has 0 aliphatic carbocycles. The lowest BCUT2D eigenvalue weighted by molar-refractivity contribution is 0.601. The zero-order chi connectivity index (χ0) is 14.9. The smallest absolute Gasteiger partial charge is 0.263 e. The van der Waals surface area contributed by atoms with Crippen molar-refractivity contribution in [3.05, 3.63) is 52.3 Å². The average Bonchev–Trinajstić information content (AvgIpc) is 2.33. The average molecular weight is 359 g/mol. The molecule has 0 radical (unpaired) electrons. The predicted octanol–water partition coefficient (Wildman–Crippen LogP) is 3.28. The molecule has 2 aromatic carbocycles. The minimum atomic E-state index is -3.81. The van der Waals surface area contributed by atoms with Gasteiger partial charge in [-0.3, -0.25) is 4.72 Å². The fourth-order valence-electron chi connectivity index (χ4n) is 1.68. The normalized spacial score (nSPS) is 11.3. The van der Waals surface area contributed by atoms with Crippen LogP contribution in [0.15, 0.2) is 45.8 Å². The summed E-state index contributed by atoms with van der Waals surface area (Å²) in [5.74, 6) is -0.470. The van der Waals surface area contributed by atoms with Crippen molar-refractivity contribution in [3.63, 3.8) is 0 Å². The lowest BCUT2D eigenvalue weighted by Crippen LogP contribution is -2.15. The number of hydrogen-bond donors (Lipinski definition) is 2. The maximum Gasteiger partial charge on any atom is 0.263 e. The van der Waals surface area contributed by atoms with E-state index in [0.717, 1.165) is 5.56 Å². The molecular weight excluding hydrogens is 347 g/mol. The summed E-state index contributed by atoms with van der Waals surface area (Å²) in [6.07, 6.45) is 0. The van der Waals surface area contributed by atoms with Crippen molar-refractivity contribution >= 4 is 37.3 Å². The summed E-state index contributed by atoms with van der Waals surface area (Å²) in [4.78, 5) is -0.0106. The fraction of sp³-hybridized carbons (Fsp3) is 0.0769. The molecule has 2 rings (SSSR count). The third kappa shape index (κ3) is 3.10. The molecule has 3 N–H and O–H groups in total. The molecule has 4 nitrogen and oxygen atoms in total. The number of sulfonamides is 1. The van der Waals surface area contributed by atoms with Crippen LogP contribution in [0.2, 0.25) is 0 Å². The minimum absolute atomic E-state index is 0.0106. The Bertz CT molecular complexity index is 763. The number of halogens is 2. The van der Waals surface area contributed by atoms with E-state index >= 15 is 0 Å². The molecule has 0 unspecified atom stereocenters. The first-order valence-corrected chi connectivity index (χ1v) is 7.91. The van der Waals surface area contributed by atoms with Crippen LogP contribution in [-0.4, -0.2) is 8.42 Å². The summed E-state index contributed by atoms with van der Waals surface area (Å²) in [6, 6.07) is 8.52. The van der Waals surface area contributed by atoms with Gasteiger partial charge in [-0.2, -0.15) is 0 Å². The van der Waals surface area contributed by atoms with Crippen LogP contribution in [0, 0.1) is 12.7 Å². The van der Waals surface area contributed by atoms with Crippen molar-refractivity contribution in [2.24, 2.45) is 0 Å². The molecule has 0 aromatic heterocycles. The Morgan fingerprint density at radius 2 is 1.90 bits per heavy atom. The van der Waals surface area contributed by atoms with E-state index in [4.69, 9.17) is 5.73 Å². The number of anilines is 2. The topological polar surface area (TPSA) is 72.2 Å². The maximum atomic E-state index is 13.1. The molecule has 0 saturated heterocycles. The molecule has 0 bridgehead atoms. The van der Waals surface area contributed by atoms with Gasteiger partial charge in [-0.15, -0.1) is 0 Å². The van der Waals surface area contributed by atoms with Crippen LogP contribution in [0.1, 0.15) is 5.56 Å². The van der Waals surface area contributed by atoms with Crippen LogP contribution in [0.5, 0.6) is 0 Å². The van der Waals surface area contributed by atoms with Crippen LogP contribution >= 0.6 is 15.9 Å². The zero-order valence-corrected chi connectivity index (χ0v) is 12.9. The third-order valence-electron chi connectivity index (χ3n) is 2.63. The predicted molar refractivity (Wildman–Crippen MR) is 80.5 cm³/mol. The van der Waals surface area contributed by atoms with Crippen molar-refractivity contribution in [2.45, 2.75) is 11.8 Å². The molecule has 0 spiro atoms. The Balaban J connectivity index is 2.38. The van der Waals surface area contributed by atoms with Crippen molar-refractivity contribution in [1.29, 1.82) is 0 Å². The van der Waals surface area contributed by atoms with E-state index in [1.165, 1.54) is 24.3 Å². The standard InChI is InChI=1S/C13H12BrFN2O2S/c1-8-2-5-13(12(16)6-8)20(18,19)17-9-3-4-11(15)10(14)7-9/h2-7,17H,16H2,1H3. The van der Waals surface area contributed by atoms with Crippen LogP contribution in [0.3, 0.4) is 0 Å². The highest BCUT2D eigenvalue weighted by Crippen LogP contribution is 2.25. The van der Waals surface area contributed by atoms with Crippen molar-refractivity contribution in [2.75, 3.05) is 10.5 Å². The van der Waals surface area contributed by atoms with Gasteiger partial charge in [-0.05, 0) is 58.7 Å². The Hall–Kier alpha value is -1.60. The number of hydrogen-bond acceptors (Lipinski definition) is 3. The molecule has 7 heteroatoms. The van der Waals surface area contributed by atoms with Gasteiger partial charge in [-0.25, -0.2) is 12.8 Å². The molecule has 0 heterocycles. The van der Waals surface area contributed by atoms with E-state index in [1.807, 2.05) is 6.92 Å². The fourth-order valence-corrected chi connectivity index (χ4v) is 3.22. The SMILES string of the molecule is Cc1ccc(S(=O)(=O)Nc2ccc(F)c(Br)c2)c(N)c1. The van der Waals surface area contributed by atoms with Gasteiger partial charge in [0.15, 0.2) is 0 Å². The van der Waals surface area contributed by atoms with Gasteiger partial charge >= 0.3 is 0 Å². The summed E-state index contributed by atoms with van der Waals surface area (Å²) >= 11 is 3.00. The number of nitrogens with two attached hydrogens (primary N) is 1. The first kappa shape index (κ1) is 14.8. The number of nitrogens with one attached hydrogen (secondary N) is 1. The molecule has 2 aromatic rings. The van der Waals surface area contributed by atoms with E-state index < -0.39 is 15.8 Å². The van der Waals surface area contributed by atoms with E-state index in [0.29, 0.717) is 0 Å². The molecule has 0 fully saturated rings. The number of rotatable bonds is 3. The van der Waals surface area contributed by atoms with E-state index in [9.17, 15) is 12.8 Å². The second-order valence-corrected chi connectivity index (χ2v) is 6.78. The van der Waals surface area contributed by atoms with Gasteiger partial charge in [0.2, 0.25) is 0 Å². The van der Waals surface area contributed by atoms with Crippen molar-refractivity contribution in [3.8, 4) is 0 Å². The van der Waals surface area contributed by atoms with Crippen LogP contribution in [-0.2, 0) is 10.0 Å². The summed E-state index contributed by atoms with van der Waals surface area (Å²) in [5.41, 5.74) is 7.01. The van der Waals surface area contributed by atoms with Gasteiger partial charge in [0.05, 0.1) is 15.8 Å². The van der Waals surface area contributed by atoms with Gasteiger partial charge in [0.1, 0.15) is 10.7 Å². The highest BCUT2D eigenvalue weighted by Gasteiger charge is 2.18. The molecule has 0 atom stereocenters. The van der Waals surface area contributed by atoms with Crippen molar-refractivity contribution in [1.82, 2.24) is 0 Å². The molecule has 106 valence electrons. The maximum absolute atomic E-state index is 13.1. The number of aryl methyl sites for hydroxylation is 1. The first-order chi connectivity index (χ1) is 9.29. The molecule has 0 aliphatic rings. The quantitative estimate of drug-likeness (QED) is 0.827. The lowest BCUT2D eigenvalue weighted by atomic mass is 10.2. The Morgan fingerprint density at radius 1 is 1.20 bits per heavy atom. The van der Waals surface area contributed by atoms with Crippen LogP contribution in [0.25, 0.3) is 0 Å². The van der Waals surface area contributed by atoms with Gasteiger partial charge < -0.3 is 5.73 Å². The molecule has 0 amide bonds. The Morgan fingerprint density at radius 3 is 2.50 bits per heavy atom. The van der Waals surface area contributed by atoms with E-state index in [1.54, 1.807) is 12.1 Å². The second-order valence-electron chi connectivity index (χ2n) is 4.28. The Labute approximate surface area is 125 Å². The zero-order valence-electron chi connectivity index (χ0n) is 10.5. The molecule has 20 heavy (non-hydrogen) atoms. The largest absolute Gasteiger partial charge is 0.398 e. The van der Waals surface area contributed by atoms with E-state index in [-0.39, 0.29) is 20.7 Å². The van der Waals surface area contributed by atoms with Crippen molar-refractivity contribution < 1.29 is 12.8 Å². The first-order valence-electron chi connectivity index (χ1n) is 5.63. The monoisotopic (exact) mass is 358 g/mol. The third-order valence-corrected chi connectivity index (χ3v) is 4.69. The molecule has 0 aliphatic heterocycles. The van der Waals surface area contributed by atoms with Gasteiger partial charge in [-0.1, -0.05) is 6.07 Å². The Kier molecular flexibility index (Phi) is 4.01. The van der Waals surface area contributed by atoms with Gasteiger partial charge in [0, 0.05) is 0 Å². The lowest BCUT2D eigenvalue weighted by Gasteiger charge is -2.11. The van der Waals surface area contributed by atoms with Gasteiger partial charge in [0.25, 0.3) is 10.0 Å². The summed E-state index contributed by atoms with van der Waals surface area (Å²) < 4.78 is 40.1. The minimum Gasteiger partial charge on any atom is -0.398 e. The molecular formula is C13H12BrFN2O2S. The van der Waals surface area contributed by atoms with Crippen LogP contribution in [0.4, 0.5) is 15.8 Å². The van der Waals surface area contributed by atoms with Crippen LogP contribution < -0.4 is 10.5 Å². The highest BCUT2D eigenvalue weighted by molar-refractivity contribution is 9.10. The molecule has 0 saturated carbocycles. The number of nitrogen functional groups attached to an aromatic ring is 1. The number of benzene rings is 2. The summed E-state index contributed by atoms with van der Waals surface area (Å²) in [6.45, 7) is 1.82.